The summed E-state index contributed by atoms with van der Waals surface area (Å²) in [6, 6.07) is 15.3. The molecule has 0 unspecified atom stereocenters. The van der Waals surface area contributed by atoms with E-state index in [-0.39, 0.29) is 31.3 Å². The van der Waals surface area contributed by atoms with Crippen LogP contribution >= 0.6 is 11.6 Å². The van der Waals surface area contributed by atoms with E-state index in [1.54, 1.807) is 36.1 Å². The van der Waals surface area contributed by atoms with E-state index >= 15 is 0 Å². The number of anilines is 1. The van der Waals surface area contributed by atoms with E-state index in [0.29, 0.717) is 17.1 Å². The van der Waals surface area contributed by atoms with Gasteiger partial charge in [0.2, 0.25) is 21.8 Å². The van der Waals surface area contributed by atoms with Crippen molar-refractivity contribution < 1.29 is 18.0 Å². The molecule has 0 aliphatic carbocycles. The predicted octanol–water partition coefficient (Wildman–Crippen LogP) is 4.22. The summed E-state index contributed by atoms with van der Waals surface area (Å²) in [5, 5.41) is 3.44. The highest BCUT2D eigenvalue weighted by atomic mass is 35.5. The fourth-order valence-electron chi connectivity index (χ4n) is 3.45. The van der Waals surface area contributed by atoms with Crippen molar-refractivity contribution in [2.75, 3.05) is 17.1 Å². The fraction of sp³-hybridized carbons (Fsp3) is 0.440. The van der Waals surface area contributed by atoms with Gasteiger partial charge in [0.25, 0.3) is 0 Å². The lowest BCUT2D eigenvalue weighted by atomic mass is 10.1. The van der Waals surface area contributed by atoms with E-state index in [0.717, 1.165) is 11.8 Å². The average Bonchev–Trinajstić information content (AvgIpc) is 2.74. The monoisotopic (exact) mass is 507 g/mol. The first-order valence-corrected chi connectivity index (χ1v) is 13.4. The van der Waals surface area contributed by atoms with Crippen LogP contribution < -0.4 is 9.62 Å². The van der Waals surface area contributed by atoms with Gasteiger partial charge < -0.3 is 10.2 Å². The first-order valence-electron chi connectivity index (χ1n) is 11.2. The highest BCUT2D eigenvalue weighted by Crippen LogP contribution is 2.21. The highest BCUT2D eigenvalue weighted by molar-refractivity contribution is 7.92. The number of nitrogens with zero attached hydrogens (tertiary/aromatic N) is 2. The zero-order chi connectivity index (χ0) is 25.5. The third-order valence-electron chi connectivity index (χ3n) is 5.13. The van der Waals surface area contributed by atoms with Crippen LogP contribution in [0, 0.1) is 0 Å². The van der Waals surface area contributed by atoms with Gasteiger partial charge in [-0.2, -0.15) is 0 Å². The number of carbonyl (C=O) groups is 2. The van der Waals surface area contributed by atoms with E-state index in [9.17, 15) is 18.0 Å². The maximum absolute atomic E-state index is 13.2. The van der Waals surface area contributed by atoms with Gasteiger partial charge in [0.15, 0.2) is 0 Å². The molecule has 0 aliphatic rings. The lowest BCUT2D eigenvalue weighted by Gasteiger charge is -2.32. The Morgan fingerprint density at radius 3 is 2.15 bits per heavy atom. The highest BCUT2D eigenvalue weighted by Gasteiger charge is 2.28. The summed E-state index contributed by atoms with van der Waals surface area (Å²) in [6.07, 6.45) is 1.52. The Balaban J connectivity index is 2.15. The molecule has 0 aromatic heterocycles. The minimum atomic E-state index is -3.55. The third kappa shape index (κ3) is 8.65. The minimum Gasteiger partial charge on any atom is -0.350 e. The van der Waals surface area contributed by atoms with Crippen molar-refractivity contribution in [1.29, 1.82) is 0 Å². The second kappa shape index (κ2) is 11.7. The number of hydrogen-bond acceptors (Lipinski definition) is 4. The van der Waals surface area contributed by atoms with Crippen LogP contribution in [0.2, 0.25) is 5.02 Å². The van der Waals surface area contributed by atoms with Gasteiger partial charge in [0.05, 0.1) is 11.9 Å². The van der Waals surface area contributed by atoms with Crippen molar-refractivity contribution >= 4 is 39.1 Å². The molecule has 9 heteroatoms. The van der Waals surface area contributed by atoms with Crippen molar-refractivity contribution in [2.45, 2.75) is 58.7 Å². The summed E-state index contributed by atoms with van der Waals surface area (Å²) < 4.78 is 25.9. The first kappa shape index (κ1) is 27.7. The normalized spacial score (nSPS) is 12.6. The standard InChI is InChI=1S/C25H34ClN3O4S/c1-19(24(31)27-25(2,3)4)28(18-20-10-7-6-8-11-20)23(30)12-9-17-29(34(5,32)33)22-15-13-21(26)14-16-22/h6-8,10-11,13-16,19H,9,12,17-18H2,1-5H3,(H,27,31)/t19-/m0/s1. The van der Waals surface area contributed by atoms with Crippen LogP contribution in [0.5, 0.6) is 0 Å². The second-order valence-electron chi connectivity index (χ2n) is 9.34. The molecule has 2 rings (SSSR count). The van der Waals surface area contributed by atoms with E-state index in [4.69, 9.17) is 11.6 Å². The summed E-state index contributed by atoms with van der Waals surface area (Å²) >= 11 is 5.92. The molecule has 0 saturated carbocycles. The summed E-state index contributed by atoms with van der Waals surface area (Å²) in [5.74, 6) is -0.458. The smallest absolute Gasteiger partial charge is 0.242 e. The van der Waals surface area contributed by atoms with Gasteiger partial charge in [-0.3, -0.25) is 13.9 Å². The fourth-order valence-corrected chi connectivity index (χ4v) is 4.54. The van der Waals surface area contributed by atoms with Crippen LogP contribution in [0.25, 0.3) is 0 Å². The molecule has 0 heterocycles. The molecule has 1 N–H and O–H groups in total. The molecule has 2 aromatic carbocycles. The number of nitrogens with one attached hydrogen (secondary N) is 1. The zero-order valence-electron chi connectivity index (χ0n) is 20.4. The number of hydrogen-bond donors (Lipinski definition) is 1. The van der Waals surface area contributed by atoms with Gasteiger partial charge in [0.1, 0.15) is 6.04 Å². The van der Waals surface area contributed by atoms with Gasteiger partial charge in [0, 0.05) is 30.1 Å². The van der Waals surface area contributed by atoms with Crippen LogP contribution in [0.1, 0.15) is 46.1 Å². The SMILES string of the molecule is C[C@@H](C(=O)NC(C)(C)C)N(Cc1ccccc1)C(=O)CCCN(c1ccc(Cl)cc1)S(C)(=O)=O. The molecule has 1 atom stereocenters. The minimum absolute atomic E-state index is 0.0968. The molecule has 0 fully saturated rings. The van der Waals surface area contributed by atoms with Crippen LogP contribution in [-0.2, 0) is 26.2 Å². The zero-order valence-corrected chi connectivity index (χ0v) is 22.0. The van der Waals surface area contributed by atoms with E-state index in [1.807, 2.05) is 51.1 Å². The molecule has 2 aromatic rings. The Hall–Kier alpha value is -2.58. The van der Waals surface area contributed by atoms with Crippen molar-refractivity contribution in [3.63, 3.8) is 0 Å². The molecular formula is C25H34ClN3O4S. The van der Waals surface area contributed by atoms with Crippen molar-refractivity contribution in [3.05, 3.63) is 65.2 Å². The molecule has 0 spiro atoms. The largest absolute Gasteiger partial charge is 0.350 e. The summed E-state index contributed by atoms with van der Waals surface area (Å²) in [6.45, 7) is 7.78. The third-order valence-corrected chi connectivity index (χ3v) is 6.57. The van der Waals surface area contributed by atoms with E-state index in [2.05, 4.69) is 5.32 Å². The maximum Gasteiger partial charge on any atom is 0.242 e. The van der Waals surface area contributed by atoms with Gasteiger partial charge >= 0.3 is 0 Å². The quantitative estimate of drug-likeness (QED) is 0.521. The Kier molecular flexibility index (Phi) is 9.53. The Bertz CT molecular complexity index is 1070. The van der Waals surface area contributed by atoms with E-state index in [1.165, 1.54) is 4.31 Å². The van der Waals surface area contributed by atoms with Crippen LogP contribution in [0.3, 0.4) is 0 Å². The predicted molar refractivity (Wildman–Crippen MR) is 137 cm³/mol. The number of amides is 2. The van der Waals surface area contributed by atoms with Crippen molar-refractivity contribution in [2.24, 2.45) is 0 Å². The first-order chi connectivity index (χ1) is 15.8. The van der Waals surface area contributed by atoms with E-state index < -0.39 is 21.6 Å². The number of halogens is 1. The topological polar surface area (TPSA) is 86.8 Å². The molecule has 34 heavy (non-hydrogen) atoms. The van der Waals surface area contributed by atoms with Crippen LogP contribution in [-0.4, -0.2) is 49.5 Å². The number of carbonyl (C=O) groups excluding carboxylic acids is 2. The summed E-state index contributed by atoms with van der Waals surface area (Å²) in [5.41, 5.74) is 0.963. The molecule has 0 bridgehead atoms. The molecule has 0 radical (unpaired) electrons. The van der Waals surface area contributed by atoms with Gasteiger partial charge in [-0.05, 0) is 63.9 Å². The van der Waals surface area contributed by atoms with Gasteiger partial charge in [-0.15, -0.1) is 0 Å². The summed E-state index contributed by atoms with van der Waals surface area (Å²) in [4.78, 5) is 27.6. The molecule has 7 nitrogen and oxygen atoms in total. The molecule has 2 amide bonds. The average molecular weight is 508 g/mol. The van der Waals surface area contributed by atoms with Crippen molar-refractivity contribution in [1.82, 2.24) is 10.2 Å². The molecule has 0 saturated heterocycles. The molecule has 0 aliphatic heterocycles. The van der Waals surface area contributed by atoms with Gasteiger partial charge in [-0.25, -0.2) is 8.42 Å². The second-order valence-corrected chi connectivity index (χ2v) is 11.7. The Labute approximate surface area is 208 Å². The van der Waals surface area contributed by atoms with Crippen LogP contribution in [0.4, 0.5) is 5.69 Å². The van der Waals surface area contributed by atoms with Gasteiger partial charge in [-0.1, -0.05) is 41.9 Å². The Morgan fingerprint density at radius 2 is 1.62 bits per heavy atom. The number of benzene rings is 2. The molecule has 186 valence electrons. The maximum atomic E-state index is 13.2. The number of rotatable bonds is 10. The van der Waals surface area contributed by atoms with Crippen molar-refractivity contribution in [3.8, 4) is 0 Å². The van der Waals surface area contributed by atoms with Crippen LogP contribution in [0.15, 0.2) is 54.6 Å². The molecular weight excluding hydrogens is 474 g/mol. The lowest BCUT2D eigenvalue weighted by Crippen LogP contribution is -2.52. The summed E-state index contributed by atoms with van der Waals surface area (Å²) in [7, 11) is -3.55. The lowest BCUT2D eigenvalue weighted by molar-refractivity contribution is -0.141. The Morgan fingerprint density at radius 1 is 1.03 bits per heavy atom. The number of sulfonamides is 1.